The Morgan fingerprint density at radius 1 is 1.06 bits per heavy atom. The summed E-state index contributed by atoms with van der Waals surface area (Å²) in [4.78, 5) is 43.3. The zero-order chi connectivity index (χ0) is 33.8. The van der Waals surface area contributed by atoms with Crippen LogP contribution >= 0.6 is 0 Å². The van der Waals surface area contributed by atoms with Gasteiger partial charge in [0.25, 0.3) is 0 Å². The molecule has 49 heavy (non-hydrogen) atoms. The first-order chi connectivity index (χ1) is 23.9. The van der Waals surface area contributed by atoms with E-state index in [0.717, 1.165) is 42.4 Å². The number of amides is 3. The van der Waals surface area contributed by atoms with Crippen LogP contribution in [0.25, 0.3) is 11.1 Å². The third-order valence-corrected chi connectivity index (χ3v) is 9.66. The molecule has 5 heterocycles. The first-order valence-corrected chi connectivity index (χ1v) is 16.7. The molecule has 2 aliphatic heterocycles. The number of hydrogen-bond acceptors (Lipinski definition) is 10. The fourth-order valence-electron chi connectivity index (χ4n) is 6.92. The monoisotopic (exact) mass is 661 g/mol. The van der Waals surface area contributed by atoms with Crippen LogP contribution in [-0.4, -0.2) is 74.2 Å². The number of aryl methyl sites for hydroxylation is 1. The van der Waals surface area contributed by atoms with Gasteiger partial charge in [-0.1, -0.05) is 30.3 Å². The maximum atomic E-state index is 13.8. The van der Waals surface area contributed by atoms with Crippen LogP contribution in [-0.2, 0) is 18.3 Å². The summed E-state index contributed by atoms with van der Waals surface area (Å²) in [6.07, 6.45) is 11.1. The Morgan fingerprint density at radius 3 is 2.51 bits per heavy atom. The molecule has 3 aromatic heterocycles. The molecule has 0 unspecified atom stereocenters. The van der Waals surface area contributed by atoms with Crippen molar-refractivity contribution in [2.75, 3.05) is 34.8 Å². The van der Waals surface area contributed by atoms with Crippen molar-refractivity contribution < 1.29 is 14.3 Å². The number of carbonyl (C=O) groups excluding carboxylic acids is 2. The van der Waals surface area contributed by atoms with Gasteiger partial charge in [0.15, 0.2) is 5.82 Å². The second kappa shape index (κ2) is 13.8. The van der Waals surface area contributed by atoms with Gasteiger partial charge in [0.1, 0.15) is 23.1 Å². The SMILES string of the molecule is Cn1cc(-c2ccc(N(C(=O)NCc3ccccc3)C3CCC(Nc4ncc(C#N)c(N5CCC6(CC5)CNC(=O)O6)n4)CC3)nc2)cn1. The first-order valence-electron chi connectivity index (χ1n) is 16.7. The molecular weight excluding hydrogens is 622 g/mol. The maximum absolute atomic E-state index is 13.8. The number of ether oxygens (including phenoxy) is 1. The molecule has 1 spiro atoms. The average molecular weight is 662 g/mol. The summed E-state index contributed by atoms with van der Waals surface area (Å²) in [7, 11) is 1.87. The van der Waals surface area contributed by atoms with Gasteiger partial charge in [-0.2, -0.15) is 15.3 Å². The molecule has 0 radical (unpaired) electrons. The molecule has 1 aromatic carbocycles. The van der Waals surface area contributed by atoms with Gasteiger partial charge in [0, 0.05) is 75.1 Å². The lowest BCUT2D eigenvalue weighted by Gasteiger charge is -2.38. The minimum Gasteiger partial charge on any atom is -0.441 e. The van der Waals surface area contributed by atoms with E-state index in [1.807, 2.05) is 55.7 Å². The van der Waals surface area contributed by atoms with Crippen molar-refractivity contribution in [3.05, 3.63) is 78.4 Å². The third kappa shape index (κ3) is 7.11. The lowest BCUT2D eigenvalue weighted by Crippen LogP contribution is -2.49. The maximum Gasteiger partial charge on any atom is 0.407 e. The first kappa shape index (κ1) is 31.9. The summed E-state index contributed by atoms with van der Waals surface area (Å²) >= 11 is 0. The molecule has 1 aliphatic carbocycles. The number of nitriles is 1. The molecule has 14 heteroatoms. The van der Waals surface area contributed by atoms with E-state index in [-0.39, 0.29) is 24.2 Å². The molecule has 252 valence electrons. The highest BCUT2D eigenvalue weighted by molar-refractivity contribution is 5.91. The molecule has 3 fully saturated rings. The highest BCUT2D eigenvalue weighted by Gasteiger charge is 2.43. The predicted molar refractivity (Wildman–Crippen MR) is 183 cm³/mol. The van der Waals surface area contributed by atoms with E-state index < -0.39 is 5.60 Å². The van der Waals surface area contributed by atoms with Crippen LogP contribution < -0.4 is 25.8 Å². The topological polar surface area (TPSA) is 166 Å². The summed E-state index contributed by atoms with van der Waals surface area (Å²) in [5.74, 6) is 1.65. The van der Waals surface area contributed by atoms with Crippen LogP contribution in [0.3, 0.4) is 0 Å². The van der Waals surface area contributed by atoms with Gasteiger partial charge < -0.3 is 25.6 Å². The van der Waals surface area contributed by atoms with Crippen molar-refractivity contribution in [2.24, 2.45) is 7.05 Å². The van der Waals surface area contributed by atoms with Crippen LogP contribution in [0.4, 0.5) is 27.2 Å². The van der Waals surface area contributed by atoms with Crippen molar-refractivity contribution in [1.82, 2.24) is 35.4 Å². The van der Waals surface area contributed by atoms with Crippen LogP contribution in [0, 0.1) is 11.3 Å². The number of urea groups is 1. The standard InChI is InChI=1S/C35H39N11O3/c1-44-22-27(21-41-44)25-7-12-30(37-19-25)46(33(47)39-18-24-5-3-2-4-6-24)29-10-8-28(9-11-29)42-32-38-20-26(17-36)31(43-32)45-15-13-35(14-16-45)23-40-34(48)49-35/h2-7,12,19-22,28-29H,8-11,13-16,18,23H2,1H3,(H,39,47)(H,40,48)(H,38,42,43). The van der Waals surface area contributed by atoms with Gasteiger partial charge in [-0.15, -0.1) is 0 Å². The van der Waals surface area contributed by atoms with Gasteiger partial charge in [0.05, 0.1) is 18.9 Å². The number of carbonyl (C=O) groups is 2. The summed E-state index contributed by atoms with van der Waals surface area (Å²) in [6.45, 7) is 2.15. The predicted octanol–water partition coefficient (Wildman–Crippen LogP) is 4.36. The van der Waals surface area contributed by atoms with Crippen molar-refractivity contribution in [1.29, 1.82) is 5.26 Å². The summed E-state index contributed by atoms with van der Waals surface area (Å²) < 4.78 is 7.31. The molecule has 3 N–H and O–H groups in total. The van der Waals surface area contributed by atoms with Gasteiger partial charge in [-0.25, -0.2) is 19.6 Å². The van der Waals surface area contributed by atoms with Gasteiger partial charge in [-0.3, -0.25) is 9.58 Å². The van der Waals surface area contributed by atoms with Crippen LogP contribution in [0.15, 0.2) is 67.3 Å². The normalized spacial score (nSPS) is 19.8. The van der Waals surface area contributed by atoms with Crippen molar-refractivity contribution in [3.63, 3.8) is 0 Å². The van der Waals surface area contributed by atoms with E-state index in [0.29, 0.717) is 62.2 Å². The second-order valence-electron chi connectivity index (χ2n) is 12.9. The number of benzene rings is 1. The Hall–Kier alpha value is -5.71. The molecule has 3 amide bonds. The fraction of sp³-hybridized carbons (Fsp3) is 0.400. The quantitative estimate of drug-likeness (QED) is 0.247. The van der Waals surface area contributed by atoms with Crippen LogP contribution in [0.1, 0.15) is 49.7 Å². The summed E-state index contributed by atoms with van der Waals surface area (Å²) in [6, 6.07) is 15.8. The lowest BCUT2D eigenvalue weighted by atomic mass is 9.90. The Balaban J connectivity index is 1.02. The molecule has 1 saturated carbocycles. The Morgan fingerprint density at radius 2 is 1.86 bits per heavy atom. The number of alkyl carbamates (subject to hydrolysis) is 1. The molecule has 4 aromatic rings. The average Bonchev–Trinajstić information content (AvgIpc) is 3.74. The van der Waals surface area contributed by atoms with Gasteiger partial charge in [0.2, 0.25) is 5.95 Å². The van der Waals surface area contributed by atoms with Gasteiger partial charge in [-0.05, 0) is 43.4 Å². The number of aromatic nitrogens is 5. The van der Waals surface area contributed by atoms with E-state index in [1.54, 1.807) is 28.2 Å². The highest BCUT2D eigenvalue weighted by atomic mass is 16.6. The molecule has 0 bridgehead atoms. The minimum atomic E-state index is -0.490. The van der Waals surface area contributed by atoms with E-state index in [9.17, 15) is 14.9 Å². The van der Waals surface area contributed by atoms with Crippen molar-refractivity contribution in [3.8, 4) is 17.2 Å². The lowest BCUT2D eigenvalue weighted by molar-refractivity contribution is 0.0365. The molecular formula is C35H39N11O3. The van der Waals surface area contributed by atoms with Crippen LogP contribution in [0.5, 0.6) is 0 Å². The van der Waals surface area contributed by atoms with Crippen LogP contribution in [0.2, 0.25) is 0 Å². The number of piperidine rings is 1. The number of anilines is 3. The summed E-state index contributed by atoms with van der Waals surface area (Å²) in [5, 5.41) is 23.4. The Bertz CT molecular complexity index is 1820. The van der Waals surface area contributed by atoms with Crippen molar-refractivity contribution in [2.45, 2.75) is 62.8 Å². The molecule has 2 saturated heterocycles. The zero-order valence-electron chi connectivity index (χ0n) is 27.4. The van der Waals surface area contributed by atoms with E-state index in [2.05, 4.69) is 37.0 Å². The number of rotatable bonds is 8. The van der Waals surface area contributed by atoms with Gasteiger partial charge >= 0.3 is 12.1 Å². The van der Waals surface area contributed by atoms with E-state index in [4.69, 9.17) is 14.7 Å². The second-order valence-corrected chi connectivity index (χ2v) is 12.9. The number of nitrogens with one attached hydrogen (secondary N) is 3. The number of hydrogen-bond donors (Lipinski definition) is 3. The zero-order valence-corrected chi connectivity index (χ0v) is 27.4. The Kier molecular flexibility index (Phi) is 8.97. The molecule has 7 rings (SSSR count). The number of pyridine rings is 1. The smallest absolute Gasteiger partial charge is 0.407 e. The minimum absolute atomic E-state index is 0.0529. The highest BCUT2D eigenvalue weighted by Crippen LogP contribution is 2.33. The molecule has 14 nitrogen and oxygen atoms in total. The summed E-state index contributed by atoms with van der Waals surface area (Å²) in [5.41, 5.74) is 2.83. The molecule has 0 atom stereocenters. The van der Waals surface area contributed by atoms with E-state index in [1.165, 1.54) is 0 Å². The Labute approximate surface area is 284 Å². The molecule has 3 aliphatic rings. The number of nitrogens with zero attached hydrogens (tertiary/aromatic N) is 8. The third-order valence-electron chi connectivity index (χ3n) is 9.66. The largest absolute Gasteiger partial charge is 0.441 e. The fourth-order valence-corrected chi connectivity index (χ4v) is 6.92. The van der Waals surface area contributed by atoms with E-state index >= 15 is 0 Å². The van der Waals surface area contributed by atoms with Crippen molar-refractivity contribution >= 4 is 29.7 Å².